The first-order valence-corrected chi connectivity index (χ1v) is 12.3. The highest BCUT2D eigenvalue weighted by atomic mass is 16.5. The molecule has 2 aromatic rings. The maximum Gasteiger partial charge on any atom is 0.119 e. The summed E-state index contributed by atoms with van der Waals surface area (Å²) in [6.07, 6.45) is 6.97. The minimum absolute atomic E-state index is 0.345. The maximum atomic E-state index is 6.09. The van der Waals surface area contributed by atoms with Gasteiger partial charge < -0.3 is 14.8 Å². The van der Waals surface area contributed by atoms with Crippen LogP contribution in [0, 0.1) is 19.8 Å². The van der Waals surface area contributed by atoms with Gasteiger partial charge in [0.15, 0.2) is 0 Å². The van der Waals surface area contributed by atoms with E-state index in [9.17, 15) is 0 Å². The number of ether oxygens (including phenoxy) is 2. The van der Waals surface area contributed by atoms with Gasteiger partial charge >= 0.3 is 0 Å². The van der Waals surface area contributed by atoms with Crippen LogP contribution in [-0.4, -0.2) is 26.3 Å². The molecule has 1 aliphatic heterocycles. The Hall–Kier alpha value is -2.00. The standard InChI is InChI=1S/C28H41NO2/c1-5-7-16-30-24-13-11-21(3)26(18-24)28(23-10-9-15-29-20-23)27-19-25(14-12-22(27)4)31-17-8-6-2/h11-14,18-19,23,28-29H,5-10,15-17,20H2,1-4H3. The van der Waals surface area contributed by atoms with Crippen LogP contribution >= 0.6 is 0 Å². The molecular weight excluding hydrogens is 382 g/mol. The number of piperidine rings is 1. The van der Waals surface area contributed by atoms with Gasteiger partial charge in [0.05, 0.1) is 13.2 Å². The molecule has 170 valence electrons. The molecule has 1 unspecified atom stereocenters. The van der Waals surface area contributed by atoms with Crippen molar-refractivity contribution in [1.82, 2.24) is 5.32 Å². The quantitative estimate of drug-likeness (QED) is 0.403. The van der Waals surface area contributed by atoms with E-state index in [1.807, 2.05) is 0 Å². The van der Waals surface area contributed by atoms with Gasteiger partial charge in [0.1, 0.15) is 11.5 Å². The van der Waals surface area contributed by atoms with E-state index in [0.717, 1.165) is 63.5 Å². The predicted molar refractivity (Wildman–Crippen MR) is 131 cm³/mol. The topological polar surface area (TPSA) is 30.5 Å². The molecule has 0 aliphatic carbocycles. The van der Waals surface area contributed by atoms with Gasteiger partial charge in [-0.05, 0) is 105 Å². The Balaban J connectivity index is 1.98. The zero-order valence-electron chi connectivity index (χ0n) is 20.0. The molecule has 1 saturated heterocycles. The largest absolute Gasteiger partial charge is 0.494 e. The second-order valence-electron chi connectivity index (χ2n) is 9.02. The number of unbranched alkanes of at least 4 members (excludes halogenated alkanes) is 2. The number of hydrogen-bond acceptors (Lipinski definition) is 3. The Morgan fingerprint density at radius 2 is 1.42 bits per heavy atom. The molecule has 1 aliphatic rings. The van der Waals surface area contributed by atoms with Crippen LogP contribution in [-0.2, 0) is 0 Å². The van der Waals surface area contributed by atoms with E-state index in [2.05, 4.69) is 69.4 Å². The number of benzene rings is 2. The van der Waals surface area contributed by atoms with E-state index < -0.39 is 0 Å². The van der Waals surface area contributed by atoms with Gasteiger partial charge in [-0.3, -0.25) is 0 Å². The predicted octanol–water partition coefficient (Wildman–Crippen LogP) is 6.79. The summed E-state index contributed by atoms with van der Waals surface area (Å²) in [5.74, 6) is 2.91. The average molecular weight is 424 g/mol. The van der Waals surface area contributed by atoms with Crippen LogP contribution in [0.25, 0.3) is 0 Å². The fourth-order valence-corrected chi connectivity index (χ4v) is 4.59. The summed E-state index contributed by atoms with van der Waals surface area (Å²) >= 11 is 0. The molecule has 3 rings (SSSR count). The van der Waals surface area contributed by atoms with Gasteiger partial charge in [-0.1, -0.05) is 38.8 Å². The summed E-state index contributed by atoms with van der Waals surface area (Å²) in [6, 6.07) is 13.3. The van der Waals surface area contributed by atoms with Crippen molar-refractivity contribution >= 4 is 0 Å². The van der Waals surface area contributed by atoms with E-state index >= 15 is 0 Å². The first-order valence-electron chi connectivity index (χ1n) is 12.3. The second-order valence-corrected chi connectivity index (χ2v) is 9.02. The normalized spacial score (nSPS) is 16.5. The van der Waals surface area contributed by atoms with Gasteiger partial charge in [-0.2, -0.15) is 0 Å². The Labute approximate surface area is 189 Å². The van der Waals surface area contributed by atoms with Crippen LogP contribution in [0.5, 0.6) is 11.5 Å². The molecular formula is C28H41NO2. The van der Waals surface area contributed by atoms with Crippen LogP contribution in [0.15, 0.2) is 36.4 Å². The van der Waals surface area contributed by atoms with Gasteiger partial charge in [-0.15, -0.1) is 0 Å². The Bertz CT molecular complexity index is 751. The van der Waals surface area contributed by atoms with Crippen molar-refractivity contribution in [3.63, 3.8) is 0 Å². The van der Waals surface area contributed by atoms with Crippen LogP contribution in [0.1, 0.15) is 80.5 Å². The van der Waals surface area contributed by atoms with Crippen LogP contribution < -0.4 is 14.8 Å². The average Bonchev–Trinajstić information content (AvgIpc) is 2.79. The highest BCUT2D eigenvalue weighted by Crippen LogP contribution is 2.41. The van der Waals surface area contributed by atoms with Crippen molar-refractivity contribution in [2.75, 3.05) is 26.3 Å². The molecule has 1 atom stereocenters. The van der Waals surface area contributed by atoms with E-state index in [1.165, 1.54) is 35.1 Å². The lowest BCUT2D eigenvalue weighted by Gasteiger charge is -2.34. The molecule has 0 saturated carbocycles. The maximum absolute atomic E-state index is 6.09. The number of aryl methyl sites for hydroxylation is 2. The third-order valence-corrected chi connectivity index (χ3v) is 6.51. The van der Waals surface area contributed by atoms with Crippen molar-refractivity contribution in [3.05, 3.63) is 58.7 Å². The Kier molecular flexibility index (Phi) is 9.27. The molecule has 0 amide bonds. The van der Waals surface area contributed by atoms with Crippen molar-refractivity contribution in [2.24, 2.45) is 5.92 Å². The number of rotatable bonds is 11. The first-order chi connectivity index (χ1) is 15.1. The summed E-state index contributed by atoms with van der Waals surface area (Å²) in [5.41, 5.74) is 5.48. The van der Waals surface area contributed by atoms with Crippen molar-refractivity contribution in [2.45, 2.75) is 72.1 Å². The molecule has 0 spiro atoms. The second kappa shape index (κ2) is 12.1. The zero-order chi connectivity index (χ0) is 22.1. The molecule has 1 heterocycles. The minimum Gasteiger partial charge on any atom is -0.494 e. The lowest BCUT2D eigenvalue weighted by atomic mass is 9.74. The monoisotopic (exact) mass is 423 g/mol. The van der Waals surface area contributed by atoms with Crippen LogP contribution in [0.3, 0.4) is 0 Å². The molecule has 1 fully saturated rings. The molecule has 1 N–H and O–H groups in total. The molecule has 0 aromatic heterocycles. The van der Waals surface area contributed by atoms with Crippen molar-refractivity contribution < 1.29 is 9.47 Å². The first kappa shape index (κ1) is 23.7. The van der Waals surface area contributed by atoms with E-state index in [1.54, 1.807) is 0 Å². The van der Waals surface area contributed by atoms with Crippen LogP contribution in [0.2, 0.25) is 0 Å². The Morgan fingerprint density at radius 1 is 0.871 bits per heavy atom. The highest BCUT2D eigenvalue weighted by molar-refractivity contribution is 5.47. The molecule has 0 radical (unpaired) electrons. The zero-order valence-corrected chi connectivity index (χ0v) is 20.0. The smallest absolute Gasteiger partial charge is 0.119 e. The minimum atomic E-state index is 0.345. The number of nitrogens with one attached hydrogen (secondary N) is 1. The van der Waals surface area contributed by atoms with Gasteiger partial charge in [0.2, 0.25) is 0 Å². The van der Waals surface area contributed by atoms with E-state index in [4.69, 9.17) is 9.47 Å². The van der Waals surface area contributed by atoms with Crippen LogP contribution in [0.4, 0.5) is 0 Å². The third-order valence-electron chi connectivity index (χ3n) is 6.51. The molecule has 2 aromatic carbocycles. The molecule has 3 heteroatoms. The van der Waals surface area contributed by atoms with Gasteiger partial charge in [0, 0.05) is 5.92 Å². The highest BCUT2D eigenvalue weighted by Gasteiger charge is 2.29. The van der Waals surface area contributed by atoms with Gasteiger partial charge in [-0.25, -0.2) is 0 Å². The lowest BCUT2D eigenvalue weighted by Crippen LogP contribution is -2.34. The SMILES string of the molecule is CCCCOc1ccc(C)c(C(c2cc(OCCCC)ccc2C)C2CCCNC2)c1. The van der Waals surface area contributed by atoms with Crippen molar-refractivity contribution in [3.8, 4) is 11.5 Å². The fourth-order valence-electron chi connectivity index (χ4n) is 4.59. The fraction of sp³-hybridized carbons (Fsp3) is 0.571. The summed E-state index contributed by atoms with van der Waals surface area (Å²) in [7, 11) is 0. The molecule has 31 heavy (non-hydrogen) atoms. The summed E-state index contributed by atoms with van der Waals surface area (Å²) < 4.78 is 12.2. The molecule has 3 nitrogen and oxygen atoms in total. The summed E-state index contributed by atoms with van der Waals surface area (Å²) in [6.45, 7) is 12.6. The summed E-state index contributed by atoms with van der Waals surface area (Å²) in [5, 5.41) is 3.64. The third kappa shape index (κ3) is 6.49. The lowest BCUT2D eigenvalue weighted by molar-refractivity contribution is 0.306. The Morgan fingerprint density at radius 3 is 1.87 bits per heavy atom. The van der Waals surface area contributed by atoms with Crippen molar-refractivity contribution in [1.29, 1.82) is 0 Å². The van der Waals surface area contributed by atoms with E-state index in [-0.39, 0.29) is 0 Å². The van der Waals surface area contributed by atoms with E-state index in [0.29, 0.717) is 11.8 Å². The molecule has 0 bridgehead atoms. The van der Waals surface area contributed by atoms with Gasteiger partial charge in [0.25, 0.3) is 0 Å². The number of hydrogen-bond donors (Lipinski definition) is 1. The summed E-state index contributed by atoms with van der Waals surface area (Å²) in [4.78, 5) is 0.